The number of aromatic nitrogens is 1. The van der Waals surface area contributed by atoms with Crippen molar-refractivity contribution in [2.24, 2.45) is 0 Å². The zero-order valence-corrected chi connectivity index (χ0v) is 20.9. The summed E-state index contributed by atoms with van der Waals surface area (Å²) in [6, 6.07) is 17.3. The maximum atomic E-state index is 14.4. The number of urea groups is 1. The number of methoxy groups -OCH3 is 1. The molecule has 1 atom stereocenters. The van der Waals surface area contributed by atoms with E-state index in [2.05, 4.69) is 5.32 Å². The van der Waals surface area contributed by atoms with Gasteiger partial charge in [-0.1, -0.05) is 24.3 Å². The van der Waals surface area contributed by atoms with Crippen molar-refractivity contribution in [1.82, 2.24) is 14.4 Å². The molecule has 0 saturated carbocycles. The number of nitrogens with zero attached hydrogens (tertiary/aromatic N) is 3. The third-order valence-electron chi connectivity index (χ3n) is 6.50. The van der Waals surface area contributed by atoms with Gasteiger partial charge < -0.3 is 24.4 Å². The van der Waals surface area contributed by atoms with Gasteiger partial charge in [0.05, 0.1) is 13.7 Å². The molecular formula is C27H27FN4O3S. The highest BCUT2D eigenvalue weighted by Gasteiger charge is 2.32. The Morgan fingerprint density at radius 3 is 2.72 bits per heavy atom. The van der Waals surface area contributed by atoms with Crippen LogP contribution < -0.4 is 10.1 Å². The van der Waals surface area contributed by atoms with Gasteiger partial charge >= 0.3 is 6.03 Å². The monoisotopic (exact) mass is 506 g/mol. The maximum absolute atomic E-state index is 14.4. The topological polar surface area (TPSA) is 66.8 Å². The van der Waals surface area contributed by atoms with E-state index in [0.717, 1.165) is 10.2 Å². The van der Waals surface area contributed by atoms with E-state index in [-0.39, 0.29) is 30.3 Å². The summed E-state index contributed by atoms with van der Waals surface area (Å²) in [5.74, 6) is 0.252. The first kappa shape index (κ1) is 23.9. The molecule has 2 aromatic heterocycles. The van der Waals surface area contributed by atoms with Crippen LogP contribution in [0.1, 0.15) is 23.0 Å². The van der Waals surface area contributed by atoms with Crippen LogP contribution in [0.15, 0.2) is 66.0 Å². The molecule has 0 unspecified atom stereocenters. The van der Waals surface area contributed by atoms with Crippen molar-refractivity contribution in [1.29, 1.82) is 0 Å². The number of carbonyl (C=O) groups is 2. The molecule has 2 aromatic carbocycles. The first-order chi connectivity index (χ1) is 17.4. The lowest BCUT2D eigenvalue weighted by molar-refractivity contribution is 0.0583. The summed E-state index contributed by atoms with van der Waals surface area (Å²) < 4.78 is 21.5. The Balaban J connectivity index is 1.31. The molecule has 4 aromatic rings. The van der Waals surface area contributed by atoms with Crippen LogP contribution in [-0.2, 0) is 6.54 Å². The molecule has 0 aliphatic carbocycles. The smallest absolute Gasteiger partial charge is 0.322 e. The predicted molar refractivity (Wildman–Crippen MR) is 139 cm³/mol. The highest BCUT2D eigenvalue weighted by atomic mass is 32.1. The standard InChI is InChI=1S/C27H27FN4O3S/c1-18-16-30(11-12-31(18)27(34)29-21-7-5-8-22(15-21)35-2)25(33)24-14-19-10-13-36-26(19)32(24)17-20-6-3-4-9-23(20)28/h3-10,13-15,18H,11-12,16-17H2,1-2H3,(H,29,34)/t18-/m1/s1. The number of amides is 3. The second-order valence-electron chi connectivity index (χ2n) is 8.84. The Hall–Kier alpha value is -3.85. The number of nitrogens with one attached hydrogen (secondary N) is 1. The number of anilines is 1. The molecule has 36 heavy (non-hydrogen) atoms. The van der Waals surface area contributed by atoms with Crippen LogP contribution in [0.25, 0.3) is 10.2 Å². The summed E-state index contributed by atoms with van der Waals surface area (Å²) in [4.78, 5) is 31.0. The van der Waals surface area contributed by atoms with E-state index in [1.165, 1.54) is 17.4 Å². The number of hydrogen-bond donors (Lipinski definition) is 1. The van der Waals surface area contributed by atoms with Gasteiger partial charge in [-0.2, -0.15) is 0 Å². The summed E-state index contributed by atoms with van der Waals surface area (Å²) in [5, 5.41) is 5.85. The Bertz CT molecular complexity index is 1420. The zero-order chi connectivity index (χ0) is 25.2. The molecule has 1 saturated heterocycles. The summed E-state index contributed by atoms with van der Waals surface area (Å²) in [6.07, 6.45) is 0. The highest BCUT2D eigenvalue weighted by molar-refractivity contribution is 7.16. The third-order valence-corrected chi connectivity index (χ3v) is 7.46. The van der Waals surface area contributed by atoms with E-state index in [4.69, 9.17) is 4.74 Å². The van der Waals surface area contributed by atoms with Crippen molar-refractivity contribution in [2.75, 3.05) is 32.1 Å². The molecule has 7 nitrogen and oxygen atoms in total. The van der Waals surface area contributed by atoms with Gasteiger partial charge in [0, 0.05) is 48.4 Å². The summed E-state index contributed by atoms with van der Waals surface area (Å²) >= 11 is 1.53. The van der Waals surface area contributed by atoms with Gasteiger partial charge in [0.15, 0.2) is 0 Å². The van der Waals surface area contributed by atoms with Crippen molar-refractivity contribution in [3.05, 3.63) is 83.1 Å². The Labute approximate surface area is 212 Å². The molecule has 186 valence electrons. The average molecular weight is 507 g/mol. The van der Waals surface area contributed by atoms with Gasteiger partial charge in [-0.25, -0.2) is 9.18 Å². The first-order valence-corrected chi connectivity index (χ1v) is 12.6. The Kier molecular flexibility index (Phi) is 6.65. The lowest BCUT2D eigenvalue weighted by atomic mass is 10.1. The highest BCUT2D eigenvalue weighted by Crippen LogP contribution is 2.28. The number of ether oxygens (including phenoxy) is 1. The lowest BCUT2D eigenvalue weighted by Gasteiger charge is -2.39. The van der Waals surface area contributed by atoms with Gasteiger partial charge in [-0.15, -0.1) is 11.3 Å². The van der Waals surface area contributed by atoms with Gasteiger partial charge in [-0.05, 0) is 42.6 Å². The number of hydrogen-bond acceptors (Lipinski definition) is 4. The number of halogens is 1. The van der Waals surface area contributed by atoms with E-state index < -0.39 is 0 Å². The van der Waals surface area contributed by atoms with Crippen LogP contribution in [0.2, 0.25) is 0 Å². The van der Waals surface area contributed by atoms with Crippen molar-refractivity contribution in [2.45, 2.75) is 19.5 Å². The van der Waals surface area contributed by atoms with Crippen molar-refractivity contribution >= 4 is 39.2 Å². The van der Waals surface area contributed by atoms with E-state index >= 15 is 0 Å². The fraction of sp³-hybridized carbons (Fsp3) is 0.259. The van der Waals surface area contributed by atoms with Gasteiger partial charge in [0.1, 0.15) is 22.1 Å². The minimum atomic E-state index is -0.293. The van der Waals surface area contributed by atoms with E-state index in [1.807, 2.05) is 41.1 Å². The zero-order valence-electron chi connectivity index (χ0n) is 20.1. The summed E-state index contributed by atoms with van der Waals surface area (Å²) in [7, 11) is 1.58. The fourth-order valence-corrected chi connectivity index (χ4v) is 5.50. The molecule has 1 aliphatic heterocycles. The number of piperazine rings is 1. The normalized spacial score (nSPS) is 15.8. The molecular weight excluding hydrogens is 479 g/mol. The van der Waals surface area contributed by atoms with Crippen LogP contribution in [0.4, 0.5) is 14.9 Å². The van der Waals surface area contributed by atoms with Crippen molar-refractivity contribution in [3.63, 3.8) is 0 Å². The Morgan fingerprint density at radius 2 is 1.94 bits per heavy atom. The lowest BCUT2D eigenvalue weighted by Crippen LogP contribution is -2.56. The molecule has 1 N–H and O–H groups in total. The second kappa shape index (κ2) is 10.0. The van der Waals surface area contributed by atoms with Crippen molar-refractivity contribution in [3.8, 4) is 5.75 Å². The predicted octanol–water partition coefficient (Wildman–Crippen LogP) is 5.28. The number of carbonyl (C=O) groups excluding carboxylic acids is 2. The third kappa shape index (κ3) is 4.66. The minimum Gasteiger partial charge on any atom is -0.497 e. The fourth-order valence-electron chi connectivity index (χ4n) is 4.61. The molecule has 3 heterocycles. The summed E-state index contributed by atoms with van der Waals surface area (Å²) in [5.41, 5.74) is 1.71. The molecule has 0 bridgehead atoms. The first-order valence-electron chi connectivity index (χ1n) is 11.8. The second-order valence-corrected chi connectivity index (χ2v) is 9.74. The molecule has 5 rings (SSSR count). The quantitative estimate of drug-likeness (QED) is 0.401. The van der Waals surface area contributed by atoms with Crippen LogP contribution in [0.3, 0.4) is 0 Å². The van der Waals surface area contributed by atoms with Crippen LogP contribution in [-0.4, -0.2) is 59.1 Å². The number of fused-ring (bicyclic) bond motifs is 1. The van der Waals surface area contributed by atoms with Crippen molar-refractivity contribution < 1.29 is 18.7 Å². The van der Waals surface area contributed by atoms with Crippen LogP contribution in [0.5, 0.6) is 5.75 Å². The van der Waals surface area contributed by atoms with Gasteiger partial charge in [0.25, 0.3) is 5.91 Å². The number of thiophene rings is 1. The van der Waals surface area contributed by atoms with E-state index in [0.29, 0.717) is 42.3 Å². The van der Waals surface area contributed by atoms with E-state index in [9.17, 15) is 14.0 Å². The molecule has 3 amide bonds. The number of rotatable bonds is 5. The SMILES string of the molecule is COc1cccc(NC(=O)N2CCN(C(=O)c3cc4ccsc4n3Cc3ccccc3F)C[C@H]2C)c1. The van der Waals surface area contributed by atoms with Crippen LogP contribution in [0, 0.1) is 5.82 Å². The molecule has 0 spiro atoms. The molecule has 0 radical (unpaired) electrons. The molecule has 9 heteroatoms. The molecule has 1 fully saturated rings. The average Bonchev–Trinajstić information content (AvgIpc) is 3.47. The van der Waals surface area contributed by atoms with Gasteiger partial charge in [0.2, 0.25) is 0 Å². The van der Waals surface area contributed by atoms with E-state index in [1.54, 1.807) is 47.2 Å². The maximum Gasteiger partial charge on any atom is 0.322 e. The molecule has 1 aliphatic rings. The summed E-state index contributed by atoms with van der Waals surface area (Å²) in [6.45, 7) is 3.43. The Morgan fingerprint density at radius 1 is 1.11 bits per heavy atom. The number of benzene rings is 2. The van der Waals surface area contributed by atoms with Gasteiger partial charge in [-0.3, -0.25) is 4.79 Å². The van der Waals surface area contributed by atoms with Crippen LogP contribution >= 0.6 is 11.3 Å². The minimum absolute atomic E-state index is 0.116. The largest absolute Gasteiger partial charge is 0.497 e.